The number of nitrogens with one attached hydrogen (secondary N) is 1. The molecule has 0 saturated heterocycles. The van der Waals surface area contributed by atoms with E-state index in [2.05, 4.69) is 5.32 Å². The SMILES string of the molecule is CCOCC(C)Nc1c(C(=O)O)cccc1[N+](=O)[O-]. The van der Waals surface area contributed by atoms with Crippen LogP contribution in [0.4, 0.5) is 11.4 Å². The fourth-order valence-corrected chi connectivity index (χ4v) is 1.60. The first-order valence-corrected chi connectivity index (χ1v) is 5.82. The predicted octanol–water partition coefficient (Wildman–Crippen LogP) is 2.13. The van der Waals surface area contributed by atoms with Crippen molar-refractivity contribution in [3.63, 3.8) is 0 Å². The summed E-state index contributed by atoms with van der Waals surface area (Å²) >= 11 is 0. The minimum atomic E-state index is -1.21. The third kappa shape index (κ3) is 3.92. The standard InChI is InChI=1S/C12H16N2O5/c1-3-19-7-8(2)13-11-9(12(15)16)5-4-6-10(11)14(17)18/h4-6,8,13H,3,7H2,1-2H3,(H,15,16). The number of hydrogen-bond donors (Lipinski definition) is 2. The van der Waals surface area contributed by atoms with Crippen LogP contribution in [-0.2, 0) is 4.74 Å². The summed E-state index contributed by atoms with van der Waals surface area (Å²) in [6.07, 6.45) is 0. The molecule has 1 atom stereocenters. The lowest BCUT2D eigenvalue weighted by atomic mass is 10.1. The molecule has 7 heteroatoms. The van der Waals surface area contributed by atoms with Gasteiger partial charge in [0.1, 0.15) is 5.69 Å². The minimum absolute atomic E-state index is 0.00667. The molecule has 0 heterocycles. The number of nitrogens with zero attached hydrogens (tertiary/aromatic N) is 1. The number of hydrogen-bond acceptors (Lipinski definition) is 5. The zero-order valence-electron chi connectivity index (χ0n) is 10.8. The van der Waals surface area contributed by atoms with Crippen LogP contribution in [0.15, 0.2) is 18.2 Å². The molecule has 7 nitrogen and oxygen atoms in total. The van der Waals surface area contributed by atoms with Crippen molar-refractivity contribution in [2.75, 3.05) is 18.5 Å². The van der Waals surface area contributed by atoms with E-state index in [1.165, 1.54) is 18.2 Å². The molecular formula is C12H16N2O5. The lowest BCUT2D eigenvalue weighted by molar-refractivity contribution is -0.384. The smallest absolute Gasteiger partial charge is 0.338 e. The van der Waals surface area contributed by atoms with E-state index in [0.29, 0.717) is 13.2 Å². The number of carbonyl (C=O) groups is 1. The highest BCUT2D eigenvalue weighted by Gasteiger charge is 2.22. The van der Waals surface area contributed by atoms with Crippen LogP contribution in [0.1, 0.15) is 24.2 Å². The number of carboxylic acid groups (broad SMARTS) is 1. The van der Waals surface area contributed by atoms with Crippen molar-refractivity contribution in [1.82, 2.24) is 0 Å². The first kappa shape index (κ1) is 14.9. The van der Waals surface area contributed by atoms with Gasteiger partial charge in [0.25, 0.3) is 5.69 Å². The molecule has 1 unspecified atom stereocenters. The molecule has 0 aromatic heterocycles. The molecule has 0 saturated carbocycles. The predicted molar refractivity (Wildman–Crippen MR) is 69.6 cm³/mol. The first-order chi connectivity index (χ1) is 8.97. The molecule has 104 valence electrons. The van der Waals surface area contributed by atoms with Gasteiger partial charge in [0.05, 0.1) is 17.1 Å². The Morgan fingerprint density at radius 3 is 2.79 bits per heavy atom. The van der Waals surface area contributed by atoms with E-state index in [0.717, 1.165) is 0 Å². The van der Waals surface area contributed by atoms with Crippen molar-refractivity contribution < 1.29 is 19.6 Å². The van der Waals surface area contributed by atoms with Gasteiger partial charge >= 0.3 is 5.97 Å². The van der Waals surface area contributed by atoms with Crippen molar-refractivity contribution in [2.24, 2.45) is 0 Å². The summed E-state index contributed by atoms with van der Waals surface area (Å²) in [6.45, 7) is 4.45. The number of nitro benzene ring substituents is 1. The second-order valence-electron chi connectivity index (χ2n) is 3.97. The van der Waals surface area contributed by atoms with E-state index in [9.17, 15) is 14.9 Å². The summed E-state index contributed by atoms with van der Waals surface area (Å²) in [7, 11) is 0. The highest BCUT2D eigenvalue weighted by molar-refractivity contribution is 5.96. The molecule has 0 aliphatic heterocycles. The second-order valence-corrected chi connectivity index (χ2v) is 3.97. The van der Waals surface area contributed by atoms with Gasteiger partial charge in [-0.2, -0.15) is 0 Å². The Labute approximate surface area is 110 Å². The van der Waals surface area contributed by atoms with Crippen LogP contribution < -0.4 is 5.32 Å². The van der Waals surface area contributed by atoms with Crippen molar-refractivity contribution in [1.29, 1.82) is 0 Å². The van der Waals surface area contributed by atoms with E-state index in [-0.39, 0.29) is 23.0 Å². The van der Waals surface area contributed by atoms with Crippen molar-refractivity contribution in [3.05, 3.63) is 33.9 Å². The highest BCUT2D eigenvalue weighted by atomic mass is 16.6. The second kappa shape index (κ2) is 6.69. The molecule has 1 aromatic carbocycles. The van der Waals surface area contributed by atoms with E-state index in [4.69, 9.17) is 9.84 Å². The van der Waals surface area contributed by atoms with Crippen LogP contribution in [0.3, 0.4) is 0 Å². The minimum Gasteiger partial charge on any atom is -0.478 e. The van der Waals surface area contributed by atoms with Crippen molar-refractivity contribution in [3.8, 4) is 0 Å². The summed E-state index contributed by atoms with van der Waals surface area (Å²) in [5.74, 6) is -1.21. The Hall–Kier alpha value is -2.15. The molecule has 0 spiro atoms. The Balaban J connectivity index is 3.07. The molecule has 1 aromatic rings. The maximum Gasteiger partial charge on any atom is 0.338 e. The summed E-state index contributed by atoms with van der Waals surface area (Å²) < 4.78 is 5.19. The zero-order chi connectivity index (χ0) is 14.4. The molecule has 0 fully saturated rings. The Morgan fingerprint density at radius 2 is 2.26 bits per heavy atom. The van der Waals surface area contributed by atoms with Gasteiger partial charge in [0.2, 0.25) is 0 Å². The number of aromatic carboxylic acids is 1. The van der Waals surface area contributed by atoms with Gasteiger partial charge in [-0.25, -0.2) is 4.79 Å². The van der Waals surface area contributed by atoms with E-state index in [1.807, 2.05) is 6.92 Å². The zero-order valence-corrected chi connectivity index (χ0v) is 10.8. The number of para-hydroxylation sites is 1. The van der Waals surface area contributed by atoms with Crippen LogP contribution in [0.2, 0.25) is 0 Å². The average Bonchev–Trinajstić information content (AvgIpc) is 2.35. The van der Waals surface area contributed by atoms with Gasteiger partial charge in [-0.15, -0.1) is 0 Å². The maximum absolute atomic E-state index is 11.1. The van der Waals surface area contributed by atoms with Crippen LogP contribution >= 0.6 is 0 Å². The van der Waals surface area contributed by atoms with E-state index in [1.54, 1.807) is 6.92 Å². The first-order valence-electron chi connectivity index (χ1n) is 5.82. The van der Waals surface area contributed by atoms with Gasteiger partial charge in [-0.1, -0.05) is 6.07 Å². The Morgan fingerprint density at radius 1 is 1.58 bits per heavy atom. The fourth-order valence-electron chi connectivity index (χ4n) is 1.60. The monoisotopic (exact) mass is 268 g/mol. The number of rotatable bonds is 7. The lowest BCUT2D eigenvalue weighted by Crippen LogP contribution is -2.23. The van der Waals surface area contributed by atoms with Crippen LogP contribution in [0.5, 0.6) is 0 Å². The third-order valence-electron chi connectivity index (χ3n) is 2.43. The number of benzene rings is 1. The molecule has 0 bridgehead atoms. The van der Waals surface area contributed by atoms with Crippen molar-refractivity contribution >= 4 is 17.3 Å². The van der Waals surface area contributed by atoms with Gasteiger partial charge in [-0.05, 0) is 19.9 Å². The molecular weight excluding hydrogens is 252 g/mol. The quantitative estimate of drug-likeness (QED) is 0.580. The summed E-state index contributed by atoms with van der Waals surface area (Å²) in [6, 6.07) is 3.70. The summed E-state index contributed by atoms with van der Waals surface area (Å²) in [5, 5.41) is 22.8. The normalized spacial score (nSPS) is 11.9. The average molecular weight is 268 g/mol. The molecule has 0 radical (unpaired) electrons. The van der Waals surface area contributed by atoms with Gasteiger partial charge in [0, 0.05) is 18.7 Å². The highest BCUT2D eigenvalue weighted by Crippen LogP contribution is 2.28. The lowest BCUT2D eigenvalue weighted by Gasteiger charge is -2.16. The van der Waals surface area contributed by atoms with E-state index >= 15 is 0 Å². The molecule has 1 rings (SSSR count). The van der Waals surface area contributed by atoms with Crippen LogP contribution in [0, 0.1) is 10.1 Å². The molecule has 0 aliphatic rings. The van der Waals surface area contributed by atoms with Crippen molar-refractivity contribution in [2.45, 2.75) is 19.9 Å². The largest absolute Gasteiger partial charge is 0.478 e. The van der Waals surface area contributed by atoms with Gasteiger partial charge in [0.15, 0.2) is 0 Å². The Bertz CT molecular complexity index is 443. The summed E-state index contributed by atoms with van der Waals surface area (Å²) in [4.78, 5) is 21.4. The molecule has 0 amide bonds. The molecule has 0 aliphatic carbocycles. The summed E-state index contributed by atoms with van der Waals surface area (Å²) in [5.41, 5.74) is -0.381. The van der Waals surface area contributed by atoms with Crippen LogP contribution in [0.25, 0.3) is 0 Å². The van der Waals surface area contributed by atoms with E-state index < -0.39 is 10.9 Å². The maximum atomic E-state index is 11.1. The van der Waals surface area contributed by atoms with Gasteiger partial charge in [-0.3, -0.25) is 10.1 Å². The third-order valence-corrected chi connectivity index (χ3v) is 2.43. The number of carboxylic acids is 1. The topological polar surface area (TPSA) is 102 Å². The number of nitro groups is 1. The van der Waals surface area contributed by atoms with Gasteiger partial charge < -0.3 is 15.2 Å². The Kier molecular flexibility index (Phi) is 5.25. The number of anilines is 1. The molecule has 19 heavy (non-hydrogen) atoms. The number of ether oxygens (including phenoxy) is 1. The fraction of sp³-hybridized carbons (Fsp3) is 0.417. The molecule has 2 N–H and O–H groups in total. The van der Waals surface area contributed by atoms with Crippen LogP contribution in [-0.4, -0.2) is 35.3 Å².